The largest absolute Gasteiger partial charge is 0.352 e. The highest BCUT2D eigenvalue weighted by Crippen LogP contribution is 2.37. The molecule has 2 aliphatic rings. The first-order valence-electron chi connectivity index (χ1n) is 10.5. The van der Waals surface area contributed by atoms with E-state index < -0.39 is 0 Å². The lowest BCUT2D eigenvalue weighted by Crippen LogP contribution is -2.35. The minimum Gasteiger partial charge on any atom is -0.352 e. The zero-order chi connectivity index (χ0) is 20.8. The van der Waals surface area contributed by atoms with Gasteiger partial charge in [-0.2, -0.15) is 0 Å². The van der Waals surface area contributed by atoms with Crippen LogP contribution in [-0.2, 0) is 25.7 Å². The number of carbonyl (C=O) groups is 4. The van der Waals surface area contributed by atoms with Crippen molar-refractivity contribution >= 4 is 29.3 Å². The Morgan fingerprint density at radius 2 is 1.59 bits per heavy atom. The van der Waals surface area contributed by atoms with E-state index in [1.54, 1.807) is 12.1 Å². The van der Waals surface area contributed by atoms with Gasteiger partial charge in [0.15, 0.2) is 0 Å². The first-order chi connectivity index (χ1) is 14.0. The SMILES string of the molecule is CCCC(=O)Nc1ccc(CNC(=O)CCN2C(=O)C3CCCCC3C2=O)cc1. The average Bonchev–Trinajstić information content (AvgIpc) is 2.96. The predicted octanol–water partition coefficient (Wildman–Crippen LogP) is 2.61. The molecule has 2 N–H and O–H groups in total. The Hall–Kier alpha value is -2.70. The van der Waals surface area contributed by atoms with E-state index in [0.29, 0.717) is 13.0 Å². The fraction of sp³-hybridized carbons (Fsp3) is 0.545. The fourth-order valence-electron chi connectivity index (χ4n) is 4.11. The van der Waals surface area contributed by atoms with E-state index in [-0.39, 0.29) is 48.4 Å². The highest BCUT2D eigenvalue weighted by atomic mass is 16.2. The third-order valence-corrected chi connectivity index (χ3v) is 5.70. The van der Waals surface area contributed by atoms with Crippen molar-refractivity contribution in [2.75, 3.05) is 11.9 Å². The summed E-state index contributed by atoms with van der Waals surface area (Å²) in [6.07, 6.45) is 4.96. The van der Waals surface area contributed by atoms with Crippen molar-refractivity contribution in [1.29, 1.82) is 0 Å². The summed E-state index contributed by atoms with van der Waals surface area (Å²) >= 11 is 0. The smallest absolute Gasteiger partial charge is 0.233 e. The number of hydrogen-bond donors (Lipinski definition) is 2. The molecule has 1 aliphatic heterocycles. The average molecular weight is 399 g/mol. The lowest BCUT2D eigenvalue weighted by atomic mass is 9.81. The van der Waals surface area contributed by atoms with Crippen LogP contribution in [0.15, 0.2) is 24.3 Å². The molecule has 29 heavy (non-hydrogen) atoms. The maximum atomic E-state index is 12.4. The highest BCUT2D eigenvalue weighted by molar-refractivity contribution is 6.05. The van der Waals surface area contributed by atoms with Gasteiger partial charge in [-0.3, -0.25) is 24.1 Å². The first-order valence-corrected chi connectivity index (χ1v) is 10.5. The standard InChI is InChI=1S/C22H29N3O4/c1-2-5-20(27)24-16-10-8-15(9-11-16)14-23-19(26)12-13-25-21(28)17-6-3-4-7-18(17)22(25)29/h8-11,17-18H,2-7,12-14H2,1H3,(H,23,26)(H,24,27). The van der Waals surface area contributed by atoms with Crippen molar-refractivity contribution in [1.82, 2.24) is 10.2 Å². The molecule has 2 unspecified atom stereocenters. The fourth-order valence-corrected chi connectivity index (χ4v) is 4.11. The maximum Gasteiger partial charge on any atom is 0.233 e. The molecule has 0 radical (unpaired) electrons. The van der Waals surface area contributed by atoms with Gasteiger partial charge in [-0.05, 0) is 37.0 Å². The number of anilines is 1. The summed E-state index contributed by atoms with van der Waals surface area (Å²) in [6, 6.07) is 7.30. The van der Waals surface area contributed by atoms with Crippen molar-refractivity contribution in [3.8, 4) is 0 Å². The third kappa shape index (κ3) is 5.22. The molecule has 1 aromatic carbocycles. The summed E-state index contributed by atoms with van der Waals surface area (Å²) in [5.41, 5.74) is 1.64. The summed E-state index contributed by atoms with van der Waals surface area (Å²) in [6.45, 7) is 2.46. The summed E-state index contributed by atoms with van der Waals surface area (Å²) in [7, 11) is 0. The van der Waals surface area contributed by atoms with Gasteiger partial charge in [0.25, 0.3) is 0 Å². The van der Waals surface area contributed by atoms with Crippen LogP contribution >= 0.6 is 0 Å². The molecule has 0 aromatic heterocycles. The topological polar surface area (TPSA) is 95.6 Å². The van der Waals surface area contributed by atoms with E-state index in [4.69, 9.17) is 0 Å². The summed E-state index contributed by atoms with van der Waals surface area (Å²) in [5, 5.41) is 5.64. The normalized spacial score (nSPS) is 21.1. The molecule has 0 bridgehead atoms. The van der Waals surface area contributed by atoms with Crippen LogP contribution in [0, 0.1) is 11.8 Å². The molecule has 1 saturated carbocycles. The Kier molecular flexibility index (Phi) is 7.01. The van der Waals surface area contributed by atoms with E-state index in [0.717, 1.165) is 43.4 Å². The van der Waals surface area contributed by atoms with E-state index in [1.807, 2.05) is 19.1 Å². The number of rotatable bonds is 8. The molecule has 1 saturated heterocycles. The Bertz CT molecular complexity index is 751. The van der Waals surface area contributed by atoms with Crippen molar-refractivity contribution in [2.45, 2.75) is 58.4 Å². The van der Waals surface area contributed by atoms with E-state index in [2.05, 4.69) is 10.6 Å². The Morgan fingerprint density at radius 3 is 2.17 bits per heavy atom. The van der Waals surface area contributed by atoms with Crippen molar-refractivity contribution in [3.63, 3.8) is 0 Å². The number of nitrogens with one attached hydrogen (secondary N) is 2. The van der Waals surface area contributed by atoms with Gasteiger partial charge in [-0.1, -0.05) is 31.9 Å². The quantitative estimate of drug-likeness (QED) is 0.657. The maximum absolute atomic E-state index is 12.4. The van der Waals surface area contributed by atoms with Crippen LogP contribution in [-0.4, -0.2) is 35.1 Å². The van der Waals surface area contributed by atoms with Crippen LogP contribution in [0.4, 0.5) is 5.69 Å². The second kappa shape index (κ2) is 9.67. The third-order valence-electron chi connectivity index (χ3n) is 5.70. The summed E-state index contributed by atoms with van der Waals surface area (Å²) < 4.78 is 0. The molecule has 2 fully saturated rings. The minimum atomic E-state index is -0.194. The van der Waals surface area contributed by atoms with Crippen LogP contribution in [0.1, 0.15) is 57.4 Å². The molecule has 4 amide bonds. The van der Waals surface area contributed by atoms with Crippen LogP contribution in [0.5, 0.6) is 0 Å². The number of hydrogen-bond acceptors (Lipinski definition) is 4. The molecule has 7 heteroatoms. The minimum absolute atomic E-state index is 0.0144. The molecule has 7 nitrogen and oxygen atoms in total. The van der Waals surface area contributed by atoms with Gasteiger partial charge in [0, 0.05) is 31.6 Å². The monoisotopic (exact) mass is 399 g/mol. The van der Waals surface area contributed by atoms with Gasteiger partial charge < -0.3 is 10.6 Å². The second-order valence-corrected chi connectivity index (χ2v) is 7.85. The zero-order valence-electron chi connectivity index (χ0n) is 16.9. The van der Waals surface area contributed by atoms with Crippen LogP contribution in [0.25, 0.3) is 0 Å². The van der Waals surface area contributed by atoms with Crippen molar-refractivity contribution < 1.29 is 19.2 Å². The molecule has 1 aromatic rings. The highest BCUT2D eigenvalue weighted by Gasteiger charge is 2.47. The molecular weight excluding hydrogens is 370 g/mol. The number of nitrogens with zero attached hydrogens (tertiary/aromatic N) is 1. The van der Waals surface area contributed by atoms with Gasteiger partial charge in [-0.25, -0.2) is 0 Å². The van der Waals surface area contributed by atoms with Gasteiger partial charge >= 0.3 is 0 Å². The van der Waals surface area contributed by atoms with E-state index in [9.17, 15) is 19.2 Å². The second-order valence-electron chi connectivity index (χ2n) is 7.85. The van der Waals surface area contributed by atoms with Crippen molar-refractivity contribution in [2.24, 2.45) is 11.8 Å². The lowest BCUT2D eigenvalue weighted by molar-refractivity contribution is -0.140. The molecule has 1 heterocycles. The van der Waals surface area contributed by atoms with Crippen LogP contribution in [0.3, 0.4) is 0 Å². The number of benzene rings is 1. The number of amides is 4. The molecule has 2 atom stereocenters. The molecule has 156 valence electrons. The van der Waals surface area contributed by atoms with Gasteiger partial charge in [0.05, 0.1) is 11.8 Å². The van der Waals surface area contributed by atoms with Gasteiger partial charge in [0.2, 0.25) is 23.6 Å². The first kappa shape index (κ1) is 21.0. The summed E-state index contributed by atoms with van der Waals surface area (Å²) in [5.74, 6) is -0.757. The van der Waals surface area contributed by atoms with Gasteiger partial charge in [0.1, 0.15) is 0 Å². The predicted molar refractivity (Wildman–Crippen MR) is 109 cm³/mol. The van der Waals surface area contributed by atoms with E-state index >= 15 is 0 Å². The number of likely N-dealkylation sites (tertiary alicyclic amines) is 1. The number of fused-ring (bicyclic) bond motifs is 1. The van der Waals surface area contributed by atoms with Crippen LogP contribution in [0.2, 0.25) is 0 Å². The van der Waals surface area contributed by atoms with Crippen LogP contribution < -0.4 is 10.6 Å². The molecular formula is C22H29N3O4. The summed E-state index contributed by atoms with van der Waals surface area (Å²) in [4.78, 5) is 49.9. The Balaban J connectivity index is 1.42. The zero-order valence-corrected chi connectivity index (χ0v) is 16.9. The molecule has 3 rings (SSSR count). The number of imide groups is 1. The lowest BCUT2D eigenvalue weighted by Gasteiger charge is -2.19. The molecule has 0 spiro atoms. The van der Waals surface area contributed by atoms with E-state index in [1.165, 1.54) is 4.90 Å². The number of carbonyl (C=O) groups excluding carboxylic acids is 4. The van der Waals surface area contributed by atoms with Crippen molar-refractivity contribution in [3.05, 3.63) is 29.8 Å². The Morgan fingerprint density at radius 1 is 0.966 bits per heavy atom. The van der Waals surface area contributed by atoms with Gasteiger partial charge in [-0.15, -0.1) is 0 Å². The Labute approximate surface area is 171 Å². The molecule has 1 aliphatic carbocycles.